The molecular weight excluding hydrogens is 362 g/mol. The number of imidazole rings is 1. The Morgan fingerprint density at radius 2 is 1.66 bits per heavy atom. The average molecular weight is 392 g/mol. The molecule has 0 spiro atoms. The second-order valence-electron chi connectivity index (χ2n) is 7.56. The molecule has 0 amide bonds. The lowest BCUT2D eigenvalue weighted by molar-refractivity contribution is 0.132. The van der Waals surface area contributed by atoms with Crippen LogP contribution in [0.15, 0.2) is 49.2 Å². The number of anilines is 1. The fourth-order valence-corrected chi connectivity index (χ4v) is 3.61. The minimum atomic E-state index is 0.731. The summed E-state index contributed by atoms with van der Waals surface area (Å²) in [4.78, 5) is 18.0. The minimum absolute atomic E-state index is 0.731. The Kier molecular flexibility index (Phi) is 6.17. The first-order valence-corrected chi connectivity index (χ1v) is 10.3. The van der Waals surface area contributed by atoms with Crippen LogP contribution in [0.25, 0.3) is 5.82 Å². The van der Waals surface area contributed by atoms with E-state index in [0.717, 1.165) is 50.1 Å². The zero-order chi connectivity index (χ0) is 20.1. The molecule has 7 nitrogen and oxygen atoms in total. The average Bonchev–Trinajstić information content (AvgIpc) is 3.20. The zero-order valence-electron chi connectivity index (χ0n) is 17.3. The zero-order valence-corrected chi connectivity index (χ0v) is 17.3. The number of aryl methyl sites for hydroxylation is 1. The Labute approximate surface area is 172 Å². The number of hydrogen-bond donors (Lipinski definition) is 1. The number of likely N-dealkylation sites (N-methyl/N-ethyl adjacent to an activating group) is 1. The van der Waals surface area contributed by atoms with Gasteiger partial charge in [-0.25, -0.2) is 15.0 Å². The third-order valence-corrected chi connectivity index (χ3v) is 5.44. The summed E-state index contributed by atoms with van der Waals surface area (Å²) in [6.45, 7) is 11.8. The van der Waals surface area contributed by atoms with Crippen molar-refractivity contribution < 1.29 is 0 Å². The summed E-state index contributed by atoms with van der Waals surface area (Å²) >= 11 is 0. The topological polar surface area (TPSA) is 62.1 Å². The molecule has 3 heterocycles. The van der Waals surface area contributed by atoms with Gasteiger partial charge in [-0.3, -0.25) is 9.47 Å². The Hall–Kier alpha value is -2.77. The van der Waals surface area contributed by atoms with Crippen LogP contribution in [0, 0.1) is 6.92 Å². The molecule has 4 rings (SSSR count). The highest BCUT2D eigenvalue weighted by atomic mass is 15.3. The van der Waals surface area contributed by atoms with Crippen LogP contribution in [0.2, 0.25) is 0 Å². The standard InChI is InChI=1S/C22H29N7/c1-3-27-8-10-28(11-9-27)15-20-6-4-19(5-7-20)13-23-21-12-22(25-16-24-21)29-14-18(2)26-17-29/h4-7,12,14,16-17H,3,8-11,13,15H2,1-2H3,(H,23,24,25). The Bertz CT molecular complexity index is 911. The first-order valence-electron chi connectivity index (χ1n) is 10.3. The number of nitrogens with one attached hydrogen (secondary N) is 1. The fraction of sp³-hybridized carbons (Fsp3) is 0.409. The van der Waals surface area contributed by atoms with Gasteiger partial charge in [0.25, 0.3) is 0 Å². The van der Waals surface area contributed by atoms with Gasteiger partial charge in [0.15, 0.2) is 0 Å². The number of benzene rings is 1. The van der Waals surface area contributed by atoms with Crippen LogP contribution in [-0.4, -0.2) is 62.0 Å². The van der Waals surface area contributed by atoms with Gasteiger partial charge in [-0.1, -0.05) is 31.2 Å². The van der Waals surface area contributed by atoms with Crippen LogP contribution in [0.1, 0.15) is 23.7 Å². The summed E-state index contributed by atoms with van der Waals surface area (Å²) in [6.07, 6.45) is 5.30. The summed E-state index contributed by atoms with van der Waals surface area (Å²) in [7, 11) is 0. The second kappa shape index (κ2) is 9.15. The maximum atomic E-state index is 4.33. The molecule has 1 aromatic carbocycles. The van der Waals surface area contributed by atoms with E-state index in [1.165, 1.54) is 24.2 Å². The third-order valence-electron chi connectivity index (χ3n) is 5.44. The lowest BCUT2D eigenvalue weighted by Gasteiger charge is -2.34. The van der Waals surface area contributed by atoms with Gasteiger partial charge in [0.2, 0.25) is 0 Å². The first-order chi connectivity index (χ1) is 14.2. The van der Waals surface area contributed by atoms with E-state index in [-0.39, 0.29) is 0 Å². The monoisotopic (exact) mass is 391 g/mol. The van der Waals surface area contributed by atoms with E-state index in [1.807, 2.05) is 23.8 Å². The van der Waals surface area contributed by atoms with E-state index in [2.05, 4.69) is 61.3 Å². The van der Waals surface area contributed by atoms with E-state index in [1.54, 1.807) is 12.7 Å². The number of rotatable bonds is 7. The number of piperazine rings is 1. The van der Waals surface area contributed by atoms with Crippen LogP contribution in [0.4, 0.5) is 5.82 Å². The van der Waals surface area contributed by atoms with Crippen molar-refractivity contribution in [2.24, 2.45) is 0 Å². The number of aromatic nitrogens is 4. The van der Waals surface area contributed by atoms with E-state index in [9.17, 15) is 0 Å². The summed E-state index contributed by atoms with van der Waals surface area (Å²) in [5.41, 5.74) is 3.58. The predicted molar refractivity (Wildman–Crippen MR) is 115 cm³/mol. The van der Waals surface area contributed by atoms with E-state index in [4.69, 9.17) is 0 Å². The van der Waals surface area contributed by atoms with Crippen molar-refractivity contribution in [3.05, 3.63) is 66.0 Å². The van der Waals surface area contributed by atoms with Crippen molar-refractivity contribution >= 4 is 5.82 Å². The SMILES string of the molecule is CCN1CCN(Cc2ccc(CNc3cc(-n4cnc(C)c4)ncn3)cc2)CC1. The van der Waals surface area contributed by atoms with Crippen molar-refractivity contribution in [3.63, 3.8) is 0 Å². The molecule has 29 heavy (non-hydrogen) atoms. The molecule has 3 aromatic rings. The summed E-state index contributed by atoms with van der Waals surface area (Å²) in [6, 6.07) is 10.8. The summed E-state index contributed by atoms with van der Waals surface area (Å²) in [5, 5.41) is 3.39. The molecule has 1 aliphatic heterocycles. The molecule has 0 saturated carbocycles. The maximum absolute atomic E-state index is 4.33. The normalized spacial score (nSPS) is 15.5. The quantitative estimate of drug-likeness (QED) is 0.668. The second-order valence-corrected chi connectivity index (χ2v) is 7.56. The largest absolute Gasteiger partial charge is 0.366 e. The fourth-order valence-electron chi connectivity index (χ4n) is 3.61. The van der Waals surface area contributed by atoms with Crippen LogP contribution in [-0.2, 0) is 13.1 Å². The number of hydrogen-bond acceptors (Lipinski definition) is 6. The molecule has 2 aromatic heterocycles. The molecule has 0 radical (unpaired) electrons. The number of nitrogens with zero attached hydrogens (tertiary/aromatic N) is 6. The molecule has 7 heteroatoms. The smallest absolute Gasteiger partial charge is 0.143 e. The summed E-state index contributed by atoms with van der Waals surface area (Å²) < 4.78 is 1.90. The van der Waals surface area contributed by atoms with E-state index in [0.29, 0.717) is 0 Å². The van der Waals surface area contributed by atoms with Crippen LogP contribution in [0.3, 0.4) is 0 Å². The van der Waals surface area contributed by atoms with Crippen molar-refractivity contribution in [2.75, 3.05) is 38.0 Å². The molecule has 0 aliphatic carbocycles. The van der Waals surface area contributed by atoms with Crippen LogP contribution >= 0.6 is 0 Å². The molecule has 0 atom stereocenters. The third kappa shape index (κ3) is 5.19. The lowest BCUT2D eigenvalue weighted by atomic mass is 10.1. The molecule has 1 saturated heterocycles. The van der Waals surface area contributed by atoms with Gasteiger partial charge in [0.1, 0.15) is 24.3 Å². The van der Waals surface area contributed by atoms with Gasteiger partial charge in [0.05, 0.1) is 5.69 Å². The molecule has 1 N–H and O–H groups in total. The van der Waals surface area contributed by atoms with Crippen LogP contribution < -0.4 is 5.32 Å². The van der Waals surface area contributed by atoms with Gasteiger partial charge in [-0.15, -0.1) is 0 Å². The Balaban J connectivity index is 1.30. The maximum Gasteiger partial charge on any atom is 0.143 e. The molecule has 0 bridgehead atoms. The molecular formula is C22H29N7. The van der Waals surface area contributed by atoms with Crippen molar-refractivity contribution in [3.8, 4) is 5.82 Å². The Morgan fingerprint density at radius 1 is 0.931 bits per heavy atom. The lowest BCUT2D eigenvalue weighted by Crippen LogP contribution is -2.45. The molecule has 1 fully saturated rings. The predicted octanol–water partition coefficient (Wildman–Crippen LogP) is 2.72. The highest BCUT2D eigenvalue weighted by molar-refractivity contribution is 5.41. The summed E-state index contributed by atoms with van der Waals surface area (Å²) in [5.74, 6) is 1.61. The molecule has 1 aliphatic rings. The highest BCUT2D eigenvalue weighted by Gasteiger charge is 2.15. The van der Waals surface area contributed by atoms with Crippen molar-refractivity contribution in [1.82, 2.24) is 29.3 Å². The van der Waals surface area contributed by atoms with Gasteiger partial charge in [-0.2, -0.15) is 0 Å². The van der Waals surface area contributed by atoms with Crippen molar-refractivity contribution in [1.29, 1.82) is 0 Å². The first kappa shape index (κ1) is 19.5. The van der Waals surface area contributed by atoms with Gasteiger partial charge >= 0.3 is 0 Å². The van der Waals surface area contributed by atoms with E-state index < -0.39 is 0 Å². The Morgan fingerprint density at radius 3 is 2.34 bits per heavy atom. The highest BCUT2D eigenvalue weighted by Crippen LogP contribution is 2.13. The molecule has 0 unspecified atom stereocenters. The van der Waals surface area contributed by atoms with Gasteiger partial charge in [0, 0.05) is 51.5 Å². The van der Waals surface area contributed by atoms with E-state index >= 15 is 0 Å². The van der Waals surface area contributed by atoms with Crippen molar-refractivity contribution in [2.45, 2.75) is 26.9 Å². The van der Waals surface area contributed by atoms with Gasteiger partial charge < -0.3 is 10.2 Å². The van der Waals surface area contributed by atoms with Gasteiger partial charge in [-0.05, 0) is 24.6 Å². The minimum Gasteiger partial charge on any atom is -0.366 e. The molecule has 152 valence electrons. The van der Waals surface area contributed by atoms with Crippen LogP contribution in [0.5, 0.6) is 0 Å².